The highest BCUT2D eigenvalue weighted by molar-refractivity contribution is 7.98. The summed E-state index contributed by atoms with van der Waals surface area (Å²) in [4.78, 5) is 15.5. The Morgan fingerprint density at radius 2 is 2.37 bits per heavy atom. The van der Waals surface area contributed by atoms with Crippen LogP contribution in [-0.4, -0.2) is 19.7 Å². The van der Waals surface area contributed by atoms with Gasteiger partial charge in [0.15, 0.2) is 10.7 Å². The van der Waals surface area contributed by atoms with E-state index in [0.29, 0.717) is 28.1 Å². The lowest BCUT2D eigenvalue weighted by Gasteiger charge is -1.95. The fraction of sp³-hybridized carbons (Fsp3) is 0.182. The number of nitrogens with one attached hydrogen (secondary N) is 1. The van der Waals surface area contributed by atoms with Crippen molar-refractivity contribution in [1.82, 2.24) is 19.7 Å². The molecular formula is C11H11N5O2S. The second-order valence-corrected chi connectivity index (χ2v) is 4.94. The van der Waals surface area contributed by atoms with E-state index >= 15 is 0 Å². The second kappa shape index (κ2) is 4.47. The topological polar surface area (TPSA) is 103 Å². The minimum atomic E-state index is -0.243. The van der Waals surface area contributed by atoms with Crippen LogP contribution in [0.2, 0.25) is 0 Å². The van der Waals surface area contributed by atoms with Gasteiger partial charge in [-0.3, -0.25) is 4.57 Å². The van der Waals surface area contributed by atoms with Gasteiger partial charge in [-0.25, -0.2) is 14.9 Å². The Morgan fingerprint density at radius 1 is 1.53 bits per heavy atom. The third-order valence-corrected chi connectivity index (χ3v) is 3.63. The summed E-state index contributed by atoms with van der Waals surface area (Å²) >= 11 is 1.37. The van der Waals surface area contributed by atoms with Crippen LogP contribution in [-0.2, 0) is 12.8 Å². The molecule has 2 heterocycles. The Hall–Kier alpha value is -2.22. The molecule has 3 N–H and O–H groups in total. The summed E-state index contributed by atoms with van der Waals surface area (Å²) in [6, 6.07) is 5.33. The number of nitrogens with two attached hydrogens (primary N) is 1. The van der Waals surface area contributed by atoms with Crippen molar-refractivity contribution in [2.45, 2.75) is 10.9 Å². The zero-order chi connectivity index (χ0) is 13.4. The molecule has 0 aliphatic heterocycles. The third-order valence-electron chi connectivity index (χ3n) is 2.62. The van der Waals surface area contributed by atoms with Gasteiger partial charge in [0.1, 0.15) is 5.52 Å². The van der Waals surface area contributed by atoms with Crippen molar-refractivity contribution in [2.75, 3.05) is 5.73 Å². The lowest BCUT2D eigenvalue weighted by Crippen LogP contribution is -2.12. The van der Waals surface area contributed by atoms with Gasteiger partial charge >= 0.3 is 5.69 Å². The highest BCUT2D eigenvalue weighted by atomic mass is 32.2. The van der Waals surface area contributed by atoms with Gasteiger partial charge in [-0.05, 0) is 12.1 Å². The first kappa shape index (κ1) is 11.8. The molecule has 0 saturated carbocycles. The predicted octanol–water partition coefficient (Wildman–Crippen LogP) is 1.12. The molecule has 8 heteroatoms. The Balaban J connectivity index is 1.82. The number of anilines is 1. The zero-order valence-electron chi connectivity index (χ0n) is 10.1. The molecule has 3 aromatic rings. The van der Waals surface area contributed by atoms with E-state index < -0.39 is 0 Å². The molecule has 1 aromatic carbocycles. The number of benzene rings is 1. The predicted molar refractivity (Wildman–Crippen MR) is 71.8 cm³/mol. The molecule has 0 atom stereocenters. The monoisotopic (exact) mass is 277 g/mol. The number of thioether (sulfide) groups is 1. The van der Waals surface area contributed by atoms with Gasteiger partial charge in [-0.1, -0.05) is 11.8 Å². The van der Waals surface area contributed by atoms with Crippen LogP contribution in [0.1, 0.15) is 5.89 Å². The van der Waals surface area contributed by atoms with Crippen LogP contribution in [0.25, 0.3) is 11.1 Å². The maximum absolute atomic E-state index is 11.2. The quantitative estimate of drug-likeness (QED) is 0.549. The van der Waals surface area contributed by atoms with Gasteiger partial charge in [0, 0.05) is 18.8 Å². The molecule has 0 aliphatic rings. The van der Waals surface area contributed by atoms with Crippen molar-refractivity contribution >= 4 is 28.5 Å². The SMILES string of the molecule is Cn1c(SCc2nc3ccc(N)cc3o2)n[nH]c1=O. The average molecular weight is 277 g/mol. The van der Waals surface area contributed by atoms with Crippen LogP contribution in [0.5, 0.6) is 0 Å². The van der Waals surface area contributed by atoms with E-state index in [4.69, 9.17) is 10.2 Å². The van der Waals surface area contributed by atoms with Crippen LogP contribution in [0.4, 0.5) is 5.69 Å². The molecule has 0 amide bonds. The number of nitrogens with zero attached hydrogens (tertiary/aromatic N) is 3. The number of rotatable bonds is 3. The Kier molecular flexibility index (Phi) is 2.79. The minimum absolute atomic E-state index is 0.243. The molecule has 2 aromatic heterocycles. The lowest BCUT2D eigenvalue weighted by atomic mass is 10.3. The van der Waals surface area contributed by atoms with E-state index in [2.05, 4.69) is 15.2 Å². The van der Waals surface area contributed by atoms with Crippen LogP contribution in [0.15, 0.2) is 32.6 Å². The fourth-order valence-corrected chi connectivity index (χ4v) is 2.40. The summed E-state index contributed by atoms with van der Waals surface area (Å²) in [6.45, 7) is 0. The maximum Gasteiger partial charge on any atom is 0.343 e. The van der Waals surface area contributed by atoms with E-state index in [1.165, 1.54) is 16.3 Å². The zero-order valence-corrected chi connectivity index (χ0v) is 10.9. The summed E-state index contributed by atoms with van der Waals surface area (Å²) in [5.41, 5.74) is 7.49. The molecular weight excluding hydrogens is 266 g/mol. The largest absolute Gasteiger partial charge is 0.440 e. The highest BCUT2D eigenvalue weighted by Gasteiger charge is 2.09. The maximum atomic E-state index is 11.2. The molecule has 98 valence electrons. The number of nitrogen functional groups attached to an aromatic ring is 1. The molecule has 0 saturated heterocycles. The number of oxazole rings is 1. The summed E-state index contributed by atoms with van der Waals surface area (Å²) in [7, 11) is 1.65. The van der Waals surface area contributed by atoms with Gasteiger partial charge < -0.3 is 10.2 Å². The fourth-order valence-electron chi connectivity index (χ4n) is 1.64. The number of hydrogen-bond acceptors (Lipinski definition) is 6. The first-order valence-corrected chi connectivity index (χ1v) is 6.51. The van der Waals surface area contributed by atoms with Crippen molar-refractivity contribution in [3.8, 4) is 0 Å². The Bertz CT molecular complexity index is 788. The van der Waals surface area contributed by atoms with Crippen molar-refractivity contribution in [3.63, 3.8) is 0 Å². The molecule has 0 radical (unpaired) electrons. The second-order valence-electron chi connectivity index (χ2n) is 3.99. The molecule has 19 heavy (non-hydrogen) atoms. The third kappa shape index (κ3) is 2.22. The van der Waals surface area contributed by atoms with E-state index in [1.807, 2.05) is 6.07 Å². The minimum Gasteiger partial charge on any atom is -0.440 e. The molecule has 0 unspecified atom stereocenters. The van der Waals surface area contributed by atoms with Crippen LogP contribution in [0, 0.1) is 0 Å². The first-order chi connectivity index (χ1) is 9.13. The van der Waals surface area contributed by atoms with Gasteiger partial charge in [-0.15, -0.1) is 5.10 Å². The van der Waals surface area contributed by atoms with E-state index in [0.717, 1.165) is 5.52 Å². The molecule has 0 fully saturated rings. The molecule has 7 nitrogen and oxygen atoms in total. The Morgan fingerprint density at radius 3 is 3.11 bits per heavy atom. The highest BCUT2D eigenvalue weighted by Crippen LogP contribution is 2.23. The molecule has 0 bridgehead atoms. The van der Waals surface area contributed by atoms with Crippen molar-refractivity contribution in [1.29, 1.82) is 0 Å². The van der Waals surface area contributed by atoms with Crippen LogP contribution >= 0.6 is 11.8 Å². The van der Waals surface area contributed by atoms with Crippen molar-refractivity contribution in [2.24, 2.45) is 7.05 Å². The van der Waals surface area contributed by atoms with Crippen molar-refractivity contribution in [3.05, 3.63) is 34.6 Å². The normalized spacial score (nSPS) is 11.2. The number of hydrogen-bond donors (Lipinski definition) is 2. The van der Waals surface area contributed by atoms with Crippen molar-refractivity contribution < 1.29 is 4.42 Å². The van der Waals surface area contributed by atoms with Gasteiger partial charge in [0.05, 0.1) is 5.75 Å². The standard InChI is InChI=1S/C11H11N5O2S/c1-16-10(17)14-15-11(16)19-5-9-13-7-3-2-6(12)4-8(7)18-9/h2-4H,5,12H2,1H3,(H,14,17). The molecule has 0 aliphatic carbocycles. The van der Waals surface area contributed by atoms with E-state index in [1.54, 1.807) is 19.2 Å². The van der Waals surface area contributed by atoms with Gasteiger partial charge in [0.2, 0.25) is 5.89 Å². The number of fused-ring (bicyclic) bond motifs is 1. The van der Waals surface area contributed by atoms with Gasteiger partial charge in [-0.2, -0.15) is 0 Å². The summed E-state index contributed by atoms with van der Waals surface area (Å²) < 4.78 is 7.02. The summed E-state index contributed by atoms with van der Waals surface area (Å²) in [6.07, 6.45) is 0. The van der Waals surface area contributed by atoms with Crippen LogP contribution < -0.4 is 11.4 Å². The smallest absolute Gasteiger partial charge is 0.343 e. The summed E-state index contributed by atoms with van der Waals surface area (Å²) in [5, 5.41) is 6.86. The number of aromatic amines is 1. The first-order valence-electron chi connectivity index (χ1n) is 5.52. The average Bonchev–Trinajstić information content (AvgIpc) is 2.92. The number of aromatic nitrogens is 4. The van der Waals surface area contributed by atoms with Gasteiger partial charge in [0.25, 0.3) is 0 Å². The lowest BCUT2D eigenvalue weighted by molar-refractivity contribution is 0.556. The van der Waals surface area contributed by atoms with E-state index in [9.17, 15) is 4.79 Å². The van der Waals surface area contributed by atoms with E-state index in [-0.39, 0.29) is 5.69 Å². The van der Waals surface area contributed by atoms with Crippen LogP contribution in [0.3, 0.4) is 0 Å². The molecule has 0 spiro atoms. The molecule has 3 rings (SSSR count). The number of H-pyrrole nitrogens is 1. The Labute approximate surface area is 111 Å². The summed E-state index contributed by atoms with van der Waals surface area (Å²) in [5.74, 6) is 1.06.